The van der Waals surface area contributed by atoms with Crippen LogP contribution in [0.2, 0.25) is 0 Å². The standard InChI is InChI=1S/C17H20N2O3S/c20-17(16-9-5-2-6-10-16)18-12-13-19-23(21,22)14-11-15-7-3-1-4-8-15/h1-10,19H,11-14H2,(H,18,20). The van der Waals surface area contributed by atoms with Crippen LogP contribution < -0.4 is 10.0 Å². The van der Waals surface area contributed by atoms with Crippen LogP contribution in [0.4, 0.5) is 0 Å². The second kappa shape index (κ2) is 8.45. The van der Waals surface area contributed by atoms with Gasteiger partial charge in [0, 0.05) is 18.7 Å². The van der Waals surface area contributed by atoms with E-state index in [0.717, 1.165) is 5.56 Å². The first-order valence-corrected chi connectivity index (χ1v) is 9.06. The summed E-state index contributed by atoms with van der Waals surface area (Å²) >= 11 is 0. The van der Waals surface area contributed by atoms with Crippen LogP contribution in [-0.2, 0) is 16.4 Å². The van der Waals surface area contributed by atoms with Crippen LogP contribution in [0.25, 0.3) is 0 Å². The highest BCUT2D eigenvalue weighted by Gasteiger charge is 2.10. The molecule has 23 heavy (non-hydrogen) atoms. The normalized spacial score (nSPS) is 11.1. The van der Waals surface area contributed by atoms with E-state index in [9.17, 15) is 13.2 Å². The molecular formula is C17H20N2O3S. The lowest BCUT2D eigenvalue weighted by atomic mass is 10.2. The van der Waals surface area contributed by atoms with Crippen molar-refractivity contribution in [1.82, 2.24) is 10.0 Å². The molecule has 0 aliphatic rings. The highest BCUT2D eigenvalue weighted by Crippen LogP contribution is 2.01. The Morgan fingerprint density at radius 1 is 0.870 bits per heavy atom. The minimum atomic E-state index is -3.34. The van der Waals surface area contributed by atoms with Gasteiger partial charge in [-0.1, -0.05) is 48.5 Å². The average Bonchev–Trinajstić information content (AvgIpc) is 2.58. The van der Waals surface area contributed by atoms with Crippen molar-refractivity contribution in [3.63, 3.8) is 0 Å². The van der Waals surface area contributed by atoms with E-state index in [4.69, 9.17) is 0 Å². The summed E-state index contributed by atoms with van der Waals surface area (Å²) in [5.74, 6) is -0.182. The maximum Gasteiger partial charge on any atom is 0.251 e. The molecule has 0 saturated heterocycles. The molecule has 0 fully saturated rings. The molecule has 2 aromatic rings. The van der Waals surface area contributed by atoms with Crippen LogP contribution in [0.1, 0.15) is 15.9 Å². The lowest BCUT2D eigenvalue weighted by molar-refractivity contribution is 0.0954. The fourth-order valence-corrected chi connectivity index (χ4v) is 3.11. The Labute approximate surface area is 136 Å². The van der Waals surface area contributed by atoms with Crippen LogP contribution in [0.3, 0.4) is 0 Å². The van der Waals surface area contributed by atoms with E-state index in [1.165, 1.54) is 0 Å². The summed E-state index contributed by atoms with van der Waals surface area (Å²) in [7, 11) is -3.34. The molecule has 0 aliphatic heterocycles. The second-order valence-corrected chi connectivity index (χ2v) is 7.00. The molecule has 0 atom stereocenters. The quantitative estimate of drug-likeness (QED) is 0.721. The molecule has 0 spiro atoms. The predicted molar refractivity (Wildman–Crippen MR) is 90.7 cm³/mol. The fraction of sp³-hybridized carbons (Fsp3) is 0.235. The molecule has 5 nitrogen and oxygen atoms in total. The van der Waals surface area contributed by atoms with E-state index in [-0.39, 0.29) is 24.7 Å². The summed E-state index contributed by atoms with van der Waals surface area (Å²) in [6.07, 6.45) is 0.465. The summed E-state index contributed by atoms with van der Waals surface area (Å²) in [4.78, 5) is 11.8. The second-order valence-electron chi connectivity index (χ2n) is 5.07. The number of rotatable bonds is 8. The van der Waals surface area contributed by atoms with Gasteiger partial charge in [0.25, 0.3) is 5.91 Å². The molecule has 2 N–H and O–H groups in total. The molecule has 1 amide bonds. The van der Waals surface area contributed by atoms with Crippen molar-refractivity contribution in [2.45, 2.75) is 6.42 Å². The number of amides is 1. The third-order valence-corrected chi connectivity index (χ3v) is 4.66. The molecule has 6 heteroatoms. The van der Waals surface area contributed by atoms with Gasteiger partial charge in [0.15, 0.2) is 0 Å². The van der Waals surface area contributed by atoms with Crippen molar-refractivity contribution in [3.05, 3.63) is 71.8 Å². The number of aryl methyl sites for hydroxylation is 1. The van der Waals surface area contributed by atoms with Gasteiger partial charge in [0.1, 0.15) is 0 Å². The van der Waals surface area contributed by atoms with Gasteiger partial charge in [0.2, 0.25) is 10.0 Å². The van der Waals surface area contributed by atoms with Crippen molar-refractivity contribution in [2.75, 3.05) is 18.8 Å². The first-order valence-electron chi connectivity index (χ1n) is 7.41. The van der Waals surface area contributed by atoms with E-state index in [0.29, 0.717) is 12.0 Å². The highest BCUT2D eigenvalue weighted by molar-refractivity contribution is 7.89. The molecule has 0 heterocycles. The Bertz CT molecular complexity index is 716. The van der Waals surface area contributed by atoms with E-state index < -0.39 is 10.0 Å². The van der Waals surface area contributed by atoms with E-state index in [1.54, 1.807) is 24.3 Å². The van der Waals surface area contributed by atoms with Gasteiger partial charge in [-0.05, 0) is 24.1 Å². The Hall–Kier alpha value is -2.18. The lowest BCUT2D eigenvalue weighted by Gasteiger charge is -2.08. The molecular weight excluding hydrogens is 312 g/mol. The molecule has 0 unspecified atom stereocenters. The maximum atomic E-state index is 11.9. The van der Waals surface area contributed by atoms with Crippen LogP contribution in [0.5, 0.6) is 0 Å². The summed E-state index contributed by atoms with van der Waals surface area (Å²) in [5, 5.41) is 2.68. The number of nitrogens with one attached hydrogen (secondary N) is 2. The van der Waals surface area contributed by atoms with E-state index in [2.05, 4.69) is 10.0 Å². The van der Waals surface area contributed by atoms with E-state index in [1.807, 2.05) is 36.4 Å². The van der Waals surface area contributed by atoms with Crippen molar-refractivity contribution < 1.29 is 13.2 Å². The van der Waals surface area contributed by atoms with Gasteiger partial charge in [-0.25, -0.2) is 13.1 Å². The zero-order valence-electron chi connectivity index (χ0n) is 12.7. The molecule has 0 aliphatic carbocycles. The average molecular weight is 332 g/mol. The third kappa shape index (κ3) is 6.22. The Balaban J connectivity index is 1.69. The van der Waals surface area contributed by atoms with Crippen molar-refractivity contribution in [1.29, 1.82) is 0 Å². The molecule has 0 aromatic heterocycles. The first-order chi connectivity index (χ1) is 11.1. The third-order valence-electron chi connectivity index (χ3n) is 3.27. The molecule has 2 aromatic carbocycles. The number of benzene rings is 2. The minimum Gasteiger partial charge on any atom is -0.351 e. The molecule has 0 bridgehead atoms. The predicted octanol–water partition coefficient (Wildman–Crippen LogP) is 1.58. The summed E-state index contributed by atoms with van der Waals surface area (Å²) in [6, 6.07) is 18.3. The molecule has 0 saturated carbocycles. The number of hydrogen-bond acceptors (Lipinski definition) is 3. The molecule has 2 rings (SSSR count). The Morgan fingerprint density at radius 2 is 1.48 bits per heavy atom. The van der Waals surface area contributed by atoms with Crippen LogP contribution >= 0.6 is 0 Å². The summed E-state index contributed by atoms with van der Waals surface area (Å²) < 4.78 is 26.3. The van der Waals surface area contributed by atoms with Crippen LogP contribution in [0, 0.1) is 0 Å². The first kappa shape index (κ1) is 17.2. The van der Waals surface area contributed by atoms with Crippen molar-refractivity contribution in [2.24, 2.45) is 0 Å². The van der Waals surface area contributed by atoms with Gasteiger partial charge in [-0.3, -0.25) is 4.79 Å². The van der Waals surface area contributed by atoms with Crippen LogP contribution in [-0.4, -0.2) is 33.2 Å². The SMILES string of the molecule is O=C(NCCNS(=O)(=O)CCc1ccccc1)c1ccccc1. The topological polar surface area (TPSA) is 75.3 Å². The Kier molecular flexibility index (Phi) is 6.31. The van der Waals surface area contributed by atoms with Gasteiger partial charge < -0.3 is 5.32 Å². The van der Waals surface area contributed by atoms with Crippen molar-refractivity contribution >= 4 is 15.9 Å². The summed E-state index contributed by atoms with van der Waals surface area (Å²) in [6.45, 7) is 0.425. The zero-order valence-corrected chi connectivity index (χ0v) is 13.6. The Morgan fingerprint density at radius 3 is 2.13 bits per heavy atom. The summed E-state index contributed by atoms with van der Waals surface area (Å²) in [5.41, 5.74) is 1.54. The zero-order chi connectivity index (χ0) is 16.5. The maximum absolute atomic E-state index is 11.9. The molecule has 0 radical (unpaired) electrons. The largest absolute Gasteiger partial charge is 0.351 e. The number of hydrogen-bond donors (Lipinski definition) is 2. The highest BCUT2D eigenvalue weighted by atomic mass is 32.2. The lowest BCUT2D eigenvalue weighted by Crippen LogP contribution is -2.36. The smallest absolute Gasteiger partial charge is 0.251 e. The van der Waals surface area contributed by atoms with Gasteiger partial charge in [-0.2, -0.15) is 0 Å². The molecule has 122 valence electrons. The van der Waals surface area contributed by atoms with E-state index >= 15 is 0 Å². The van der Waals surface area contributed by atoms with Crippen molar-refractivity contribution in [3.8, 4) is 0 Å². The number of carbonyl (C=O) groups excluding carboxylic acids is 1. The number of sulfonamides is 1. The monoisotopic (exact) mass is 332 g/mol. The number of carbonyl (C=O) groups is 1. The van der Waals surface area contributed by atoms with Crippen LogP contribution in [0.15, 0.2) is 60.7 Å². The minimum absolute atomic E-state index is 0.0314. The van der Waals surface area contributed by atoms with Gasteiger partial charge in [-0.15, -0.1) is 0 Å². The van der Waals surface area contributed by atoms with Gasteiger partial charge in [0.05, 0.1) is 5.75 Å². The fourth-order valence-electron chi connectivity index (χ4n) is 2.04. The van der Waals surface area contributed by atoms with Gasteiger partial charge >= 0.3 is 0 Å².